The quantitative estimate of drug-likeness (QED) is 0.132. The summed E-state index contributed by atoms with van der Waals surface area (Å²) in [6.07, 6.45) is 1.29. The predicted molar refractivity (Wildman–Crippen MR) is 124 cm³/mol. The molecule has 0 bridgehead atoms. The van der Waals surface area contributed by atoms with Gasteiger partial charge in [-0.1, -0.05) is 54.6 Å². The fourth-order valence-corrected chi connectivity index (χ4v) is 3.64. The zero-order valence-corrected chi connectivity index (χ0v) is 18.0. The number of amides is 1. The van der Waals surface area contributed by atoms with Crippen LogP contribution in [0.15, 0.2) is 83.5 Å². The largest absolute Gasteiger partial charge is 0.507 e. The van der Waals surface area contributed by atoms with Gasteiger partial charge in [0.1, 0.15) is 17.4 Å². The predicted octanol–water partition coefficient (Wildman–Crippen LogP) is 3.79. The summed E-state index contributed by atoms with van der Waals surface area (Å²) in [5.41, 5.74) is 3.14. The van der Waals surface area contributed by atoms with Gasteiger partial charge >= 0.3 is 11.9 Å². The van der Waals surface area contributed by atoms with Crippen molar-refractivity contribution in [1.82, 2.24) is 5.43 Å². The summed E-state index contributed by atoms with van der Waals surface area (Å²) < 4.78 is 10.3. The average molecular weight is 467 g/mol. The van der Waals surface area contributed by atoms with Gasteiger partial charge in [0.2, 0.25) is 5.76 Å². The lowest BCUT2D eigenvalue weighted by Crippen LogP contribution is -2.32. The Bertz CT molecular complexity index is 1480. The topological polar surface area (TPSA) is 156 Å². The van der Waals surface area contributed by atoms with E-state index in [9.17, 15) is 24.8 Å². The molecule has 1 amide bonds. The Labute approximate surface area is 199 Å². The lowest BCUT2D eigenvalue weighted by molar-refractivity contribution is 0.0374. The lowest BCUT2D eigenvalue weighted by atomic mass is 9.95. The Morgan fingerprint density at radius 2 is 1.57 bits per heavy atom. The van der Waals surface area contributed by atoms with Crippen LogP contribution in [0.1, 0.15) is 36.8 Å². The number of carbonyl (C=O) groups is 3. The van der Waals surface area contributed by atoms with Crippen LogP contribution in [0.3, 0.4) is 0 Å². The van der Waals surface area contributed by atoms with Gasteiger partial charge < -0.3 is 14.3 Å². The van der Waals surface area contributed by atoms with Crippen molar-refractivity contribution in [2.45, 2.75) is 0 Å². The number of ether oxygens (including phenoxy) is 1. The Hall–Kier alpha value is -5.20. The van der Waals surface area contributed by atoms with Crippen LogP contribution in [0.25, 0.3) is 22.3 Å². The van der Waals surface area contributed by atoms with Gasteiger partial charge in [0, 0.05) is 5.56 Å². The number of aromatic hydroxyl groups is 1. The minimum absolute atomic E-state index is 0.231. The van der Waals surface area contributed by atoms with Crippen molar-refractivity contribution in [3.05, 3.63) is 102 Å². The molecule has 0 saturated carbocycles. The SMILES string of the molecule is N#Cc1c(O)ccc(C(=O)OC(=O)c2occc2-c2ccccc2-c2ccccc2)c1C(=O)NN. The van der Waals surface area contributed by atoms with Crippen molar-refractivity contribution in [2.75, 3.05) is 0 Å². The first-order valence-corrected chi connectivity index (χ1v) is 10.2. The Morgan fingerprint density at radius 3 is 2.26 bits per heavy atom. The molecular formula is C26H17N3O6. The van der Waals surface area contributed by atoms with Gasteiger partial charge in [-0.25, -0.2) is 15.4 Å². The summed E-state index contributed by atoms with van der Waals surface area (Å²) in [4.78, 5) is 37.9. The van der Waals surface area contributed by atoms with Crippen molar-refractivity contribution in [1.29, 1.82) is 5.26 Å². The monoisotopic (exact) mass is 467 g/mol. The molecule has 9 nitrogen and oxygen atoms in total. The molecule has 4 rings (SSSR count). The number of phenolic OH excluding ortho intramolecular Hbond substituents is 1. The van der Waals surface area contributed by atoms with Crippen LogP contribution >= 0.6 is 0 Å². The van der Waals surface area contributed by atoms with Crippen molar-refractivity contribution < 1.29 is 28.6 Å². The fraction of sp³-hybridized carbons (Fsp3) is 0. The second-order valence-electron chi connectivity index (χ2n) is 7.22. The molecule has 0 aliphatic carbocycles. The van der Waals surface area contributed by atoms with Gasteiger partial charge in [0.25, 0.3) is 5.91 Å². The second-order valence-corrected chi connectivity index (χ2v) is 7.22. The molecule has 35 heavy (non-hydrogen) atoms. The molecule has 0 aliphatic heterocycles. The summed E-state index contributed by atoms with van der Waals surface area (Å²) in [5.74, 6) is 1.01. The van der Waals surface area contributed by atoms with Gasteiger partial charge in [0.15, 0.2) is 0 Å². The Kier molecular flexibility index (Phi) is 6.39. The average Bonchev–Trinajstić information content (AvgIpc) is 3.38. The third-order valence-electron chi connectivity index (χ3n) is 5.21. The summed E-state index contributed by atoms with van der Waals surface area (Å²) in [7, 11) is 0. The molecule has 0 spiro atoms. The smallest absolute Gasteiger partial charge is 0.382 e. The standard InChI is InChI=1S/C26H17N3O6/c27-14-20-21(30)11-10-19(22(20)24(31)29-28)25(32)35-26(33)23-18(12-13-34-23)17-9-5-4-8-16(17)15-6-2-1-3-7-15/h1-13,30H,28H2,(H,29,31). The fourth-order valence-electron chi connectivity index (χ4n) is 3.64. The van der Waals surface area contributed by atoms with Crippen LogP contribution in [0.2, 0.25) is 0 Å². The molecule has 172 valence electrons. The van der Waals surface area contributed by atoms with Crippen LogP contribution in [-0.4, -0.2) is 23.0 Å². The van der Waals surface area contributed by atoms with E-state index in [1.807, 2.05) is 42.5 Å². The summed E-state index contributed by atoms with van der Waals surface area (Å²) in [6.45, 7) is 0. The first-order chi connectivity index (χ1) is 17.0. The number of carbonyl (C=O) groups excluding carboxylic acids is 3. The van der Waals surface area contributed by atoms with Crippen LogP contribution in [0.5, 0.6) is 5.75 Å². The number of hydrogen-bond acceptors (Lipinski definition) is 8. The first-order valence-electron chi connectivity index (χ1n) is 10.2. The molecule has 4 N–H and O–H groups in total. The number of nitrogens with one attached hydrogen (secondary N) is 1. The molecule has 0 atom stereocenters. The number of phenols is 1. The van der Waals surface area contributed by atoms with E-state index in [0.717, 1.165) is 23.3 Å². The molecule has 0 aliphatic rings. The highest BCUT2D eigenvalue weighted by Crippen LogP contribution is 2.35. The van der Waals surface area contributed by atoms with Gasteiger partial charge in [-0.2, -0.15) is 5.26 Å². The van der Waals surface area contributed by atoms with E-state index in [1.165, 1.54) is 6.26 Å². The maximum Gasteiger partial charge on any atom is 0.382 e. The van der Waals surface area contributed by atoms with Gasteiger partial charge in [-0.05, 0) is 34.9 Å². The molecule has 4 aromatic rings. The molecule has 0 radical (unpaired) electrons. The van der Waals surface area contributed by atoms with E-state index >= 15 is 0 Å². The number of furan rings is 1. The number of nitriles is 1. The lowest BCUT2D eigenvalue weighted by Gasteiger charge is -2.11. The van der Waals surface area contributed by atoms with Crippen molar-refractivity contribution in [3.63, 3.8) is 0 Å². The van der Waals surface area contributed by atoms with E-state index in [1.54, 1.807) is 29.7 Å². The highest BCUT2D eigenvalue weighted by Gasteiger charge is 2.28. The third-order valence-corrected chi connectivity index (χ3v) is 5.21. The van der Waals surface area contributed by atoms with E-state index in [0.29, 0.717) is 11.1 Å². The molecule has 1 aromatic heterocycles. The molecule has 0 unspecified atom stereocenters. The third kappa shape index (κ3) is 4.37. The summed E-state index contributed by atoms with van der Waals surface area (Å²) in [6, 6.07) is 22.1. The molecule has 1 heterocycles. The zero-order valence-electron chi connectivity index (χ0n) is 18.0. The van der Waals surface area contributed by atoms with Crippen LogP contribution in [0.4, 0.5) is 0 Å². The second kappa shape index (κ2) is 9.74. The number of hydrogen-bond donors (Lipinski definition) is 3. The molecule has 0 saturated heterocycles. The number of rotatable bonds is 5. The maximum atomic E-state index is 12.9. The highest BCUT2D eigenvalue weighted by atomic mass is 16.6. The van der Waals surface area contributed by atoms with Crippen LogP contribution in [-0.2, 0) is 4.74 Å². The van der Waals surface area contributed by atoms with E-state index in [4.69, 9.17) is 15.0 Å². The molecule has 3 aromatic carbocycles. The molecule has 9 heteroatoms. The zero-order chi connectivity index (χ0) is 24.9. The number of benzene rings is 3. The van der Waals surface area contributed by atoms with E-state index < -0.39 is 40.3 Å². The number of nitrogens with two attached hydrogens (primary N) is 1. The normalized spacial score (nSPS) is 10.3. The Balaban J connectivity index is 1.70. The van der Waals surface area contributed by atoms with Gasteiger partial charge in [-0.3, -0.25) is 10.2 Å². The number of nitrogens with zero attached hydrogens (tertiary/aromatic N) is 1. The number of hydrazine groups is 1. The summed E-state index contributed by atoms with van der Waals surface area (Å²) >= 11 is 0. The van der Waals surface area contributed by atoms with Crippen molar-refractivity contribution in [2.24, 2.45) is 5.84 Å². The van der Waals surface area contributed by atoms with Gasteiger partial charge in [0.05, 0.1) is 17.4 Å². The first kappa shape index (κ1) is 23.0. The minimum Gasteiger partial charge on any atom is -0.507 e. The highest BCUT2D eigenvalue weighted by molar-refractivity contribution is 6.11. The number of esters is 2. The van der Waals surface area contributed by atoms with Crippen molar-refractivity contribution >= 4 is 17.8 Å². The van der Waals surface area contributed by atoms with E-state index in [2.05, 4.69) is 0 Å². The molecular weight excluding hydrogens is 450 g/mol. The molecule has 0 fully saturated rings. The summed E-state index contributed by atoms with van der Waals surface area (Å²) in [5, 5.41) is 19.2. The maximum absolute atomic E-state index is 12.9. The van der Waals surface area contributed by atoms with Crippen LogP contribution in [0, 0.1) is 11.3 Å². The van der Waals surface area contributed by atoms with Crippen LogP contribution < -0.4 is 11.3 Å². The van der Waals surface area contributed by atoms with Crippen molar-refractivity contribution in [3.8, 4) is 34.1 Å². The van der Waals surface area contributed by atoms with E-state index in [-0.39, 0.29) is 5.76 Å². The Morgan fingerprint density at radius 1 is 0.886 bits per heavy atom. The number of nitrogen functional groups attached to an aromatic ring is 1. The minimum atomic E-state index is -1.23. The van der Waals surface area contributed by atoms with Gasteiger partial charge in [-0.15, -0.1) is 0 Å².